The fourth-order valence-corrected chi connectivity index (χ4v) is 2.11. The highest BCUT2D eigenvalue weighted by Crippen LogP contribution is 2.21. The topological polar surface area (TPSA) is 88.0 Å². The van der Waals surface area contributed by atoms with E-state index in [-0.39, 0.29) is 11.6 Å². The fourth-order valence-electron chi connectivity index (χ4n) is 2.11. The summed E-state index contributed by atoms with van der Waals surface area (Å²) in [5.41, 5.74) is 1.07. The molecular formula is C18H11FNO5-. The Morgan fingerprint density at radius 3 is 2.68 bits per heavy atom. The van der Waals surface area contributed by atoms with E-state index in [2.05, 4.69) is 4.99 Å². The van der Waals surface area contributed by atoms with E-state index in [0.29, 0.717) is 16.9 Å². The van der Waals surface area contributed by atoms with Crippen LogP contribution >= 0.6 is 0 Å². The van der Waals surface area contributed by atoms with Crippen LogP contribution in [0.4, 0.5) is 4.39 Å². The van der Waals surface area contributed by atoms with E-state index in [1.54, 1.807) is 30.3 Å². The summed E-state index contributed by atoms with van der Waals surface area (Å²) < 4.78 is 23.3. The summed E-state index contributed by atoms with van der Waals surface area (Å²) in [7, 11) is 0. The molecule has 0 aliphatic carbocycles. The molecule has 0 amide bonds. The largest absolute Gasteiger partial charge is 0.546 e. The number of hydrogen-bond donors (Lipinski definition) is 0. The van der Waals surface area contributed by atoms with Gasteiger partial charge >= 0.3 is 5.97 Å². The smallest absolute Gasteiger partial charge is 0.363 e. The van der Waals surface area contributed by atoms with Crippen LogP contribution in [0, 0.1) is 5.82 Å². The molecular weight excluding hydrogens is 329 g/mol. The van der Waals surface area contributed by atoms with E-state index in [1.807, 2.05) is 0 Å². The predicted octanol–water partition coefficient (Wildman–Crippen LogP) is 1.30. The summed E-state index contributed by atoms with van der Waals surface area (Å²) in [5, 5.41) is 10.3. The third kappa shape index (κ3) is 4.08. The number of carbonyl (C=O) groups is 2. The molecule has 2 aromatic carbocycles. The van der Waals surface area contributed by atoms with Gasteiger partial charge in [0.25, 0.3) is 0 Å². The van der Waals surface area contributed by atoms with E-state index in [1.165, 1.54) is 24.3 Å². The number of cyclic esters (lactones) is 1. The lowest BCUT2D eigenvalue weighted by atomic mass is 10.2. The molecule has 3 rings (SSSR count). The molecule has 0 aromatic heterocycles. The van der Waals surface area contributed by atoms with E-state index in [9.17, 15) is 19.1 Å². The number of carboxylic acid groups (broad SMARTS) is 1. The summed E-state index contributed by atoms with van der Waals surface area (Å²) in [4.78, 5) is 26.3. The zero-order valence-electron chi connectivity index (χ0n) is 12.8. The van der Waals surface area contributed by atoms with Gasteiger partial charge in [-0.15, -0.1) is 0 Å². The maximum atomic E-state index is 13.2. The molecule has 0 N–H and O–H groups in total. The zero-order chi connectivity index (χ0) is 17.8. The van der Waals surface area contributed by atoms with Crippen molar-refractivity contribution in [1.82, 2.24) is 0 Å². The van der Waals surface area contributed by atoms with Crippen LogP contribution in [-0.4, -0.2) is 24.4 Å². The lowest BCUT2D eigenvalue weighted by Crippen LogP contribution is -2.28. The van der Waals surface area contributed by atoms with Crippen molar-refractivity contribution in [3.05, 3.63) is 71.2 Å². The maximum absolute atomic E-state index is 13.2. The van der Waals surface area contributed by atoms with Gasteiger partial charge in [0.05, 0.1) is 5.97 Å². The van der Waals surface area contributed by atoms with E-state index < -0.39 is 24.4 Å². The molecule has 1 heterocycles. The first-order valence-corrected chi connectivity index (χ1v) is 7.22. The van der Waals surface area contributed by atoms with Crippen LogP contribution in [0.25, 0.3) is 6.08 Å². The van der Waals surface area contributed by atoms with Gasteiger partial charge in [0.15, 0.2) is 5.70 Å². The normalized spacial score (nSPS) is 15.0. The Kier molecular flexibility index (Phi) is 4.56. The molecule has 0 fully saturated rings. The second kappa shape index (κ2) is 6.96. The Labute approximate surface area is 141 Å². The van der Waals surface area contributed by atoms with Crippen LogP contribution < -0.4 is 9.84 Å². The van der Waals surface area contributed by atoms with Crippen molar-refractivity contribution in [3.8, 4) is 5.75 Å². The summed E-state index contributed by atoms with van der Waals surface area (Å²) in [6.07, 6.45) is 1.50. The van der Waals surface area contributed by atoms with E-state index >= 15 is 0 Å². The molecule has 126 valence electrons. The first kappa shape index (κ1) is 16.4. The molecule has 0 radical (unpaired) electrons. The van der Waals surface area contributed by atoms with Gasteiger partial charge in [-0.1, -0.05) is 18.2 Å². The highest BCUT2D eigenvalue weighted by molar-refractivity contribution is 6.12. The Balaban J connectivity index is 1.78. The zero-order valence-corrected chi connectivity index (χ0v) is 12.8. The second-order valence-corrected chi connectivity index (χ2v) is 5.08. The summed E-state index contributed by atoms with van der Waals surface area (Å²) >= 11 is 0. The maximum Gasteiger partial charge on any atom is 0.363 e. The van der Waals surface area contributed by atoms with Gasteiger partial charge in [0, 0.05) is 5.56 Å². The number of aliphatic carboxylic acids is 1. The molecule has 0 atom stereocenters. The Hall–Kier alpha value is -3.48. The average Bonchev–Trinajstić information content (AvgIpc) is 2.95. The molecule has 1 aliphatic heterocycles. The Morgan fingerprint density at radius 1 is 1.24 bits per heavy atom. The number of benzene rings is 2. The molecule has 7 heteroatoms. The molecule has 2 aromatic rings. The minimum atomic E-state index is -1.32. The van der Waals surface area contributed by atoms with Crippen LogP contribution in [0.2, 0.25) is 0 Å². The number of carbonyl (C=O) groups excluding carboxylic acids is 2. The Bertz CT molecular complexity index is 887. The van der Waals surface area contributed by atoms with Gasteiger partial charge in [-0.2, -0.15) is 0 Å². The van der Waals surface area contributed by atoms with Gasteiger partial charge in [0.2, 0.25) is 5.90 Å². The molecule has 0 unspecified atom stereocenters. The van der Waals surface area contributed by atoms with Gasteiger partial charge < -0.3 is 19.4 Å². The van der Waals surface area contributed by atoms with E-state index in [0.717, 1.165) is 0 Å². The summed E-state index contributed by atoms with van der Waals surface area (Å²) in [6, 6.07) is 11.9. The van der Waals surface area contributed by atoms with Crippen LogP contribution in [0.15, 0.2) is 59.2 Å². The number of nitrogens with zero attached hydrogens (tertiary/aromatic N) is 1. The van der Waals surface area contributed by atoms with Crippen LogP contribution in [0.5, 0.6) is 5.75 Å². The van der Waals surface area contributed by atoms with Crippen molar-refractivity contribution >= 4 is 23.9 Å². The van der Waals surface area contributed by atoms with Crippen molar-refractivity contribution in [2.45, 2.75) is 0 Å². The first-order valence-electron chi connectivity index (χ1n) is 7.22. The SMILES string of the molecule is O=C([O-])COc1ccc(/C=C2\N=C(c3cccc(F)c3)OC2=O)cc1. The minimum Gasteiger partial charge on any atom is -0.546 e. The molecule has 0 bridgehead atoms. The Morgan fingerprint density at radius 2 is 2.00 bits per heavy atom. The number of ether oxygens (including phenoxy) is 2. The van der Waals surface area contributed by atoms with E-state index in [4.69, 9.17) is 9.47 Å². The lowest BCUT2D eigenvalue weighted by Gasteiger charge is -2.06. The highest BCUT2D eigenvalue weighted by atomic mass is 19.1. The number of hydrogen-bond acceptors (Lipinski definition) is 6. The quantitative estimate of drug-likeness (QED) is 0.605. The monoisotopic (exact) mass is 340 g/mol. The minimum absolute atomic E-state index is 0.0321. The van der Waals surface area contributed by atoms with Crippen molar-refractivity contribution in [2.24, 2.45) is 4.99 Å². The number of carboxylic acids is 1. The molecule has 0 saturated carbocycles. The molecule has 0 saturated heterocycles. The third-order valence-corrected chi connectivity index (χ3v) is 3.23. The number of halogens is 1. The second-order valence-electron chi connectivity index (χ2n) is 5.08. The van der Waals surface area contributed by atoms with Crippen molar-refractivity contribution in [1.29, 1.82) is 0 Å². The third-order valence-electron chi connectivity index (χ3n) is 3.23. The van der Waals surface area contributed by atoms with Gasteiger partial charge in [0.1, 0.15) is 18.2 Å². The predicted molar refractivity (Wildman–Crippen MR) is 84.0 cm³/mol. The van der Waals surface area contributed by atoms with Gasteiger partial charge in [-0.3, -0.25) is 0 Å². The highest BCUT2D eigenvalue weighted by Gasteiger charge is 2.24. The lowest BCUT2D eigenvalue weighted by molar-refractivity contribution is -0.307. The average molecular weight is 340 g/mol. The fraction of sp³-hybridized carbons (Fsp3) is 0.0556. The molecule has 0 spiro atoms. The first-order chi connectivity index (χ1) is 12.0. The van der Waals surface area contributed by atoms with Crippen LogP contribution in [-0.2, 0) is 14.3 Å². The van der Waals surface area contributed by atoms with Crippen LogP contribution in [0.3, 0.4) is 0 Å². The molecule has 6 nitrogen and oxygen atoms in total. The molecule has 1 aliphatic rings. The van der Waals surface area contributed by atoms with Crippen LogP contribution in [0.1, 0.15) is 11.1 Å². The van der Waals surface area contributed by atoms with Crippen molar-refractivity contribution in [2.75, 3.05) is 6.61 Å². The standard InChI is InChI=1S/C18H12FNO5/c19-13-3-1-2-12(9-13)17-20-15(18(23)25-17)8-11-4-6-14(7-5-11)24-10-16(21)22/h1-9H,10H2,(H,21,22)/p-1/b15-8-. The summed E-state index contributed by atoms with van der Waals surface area (Å²) in [5.74, 6) is -2.04. The van der Waals surface area contributed by atoms with Gasteiger partial charge in [-0.25, -0.2) is 14.2 Å². The van der Waals surface area contributed by atoms with Gasteiger partial charge in [-0.05, 0) is 42.0 Å². The van der Waals surface area contributed by atoms with Crippen molar-refractivity contribution in [3.63, 3.8) is 0 Å². The number of rotatable bonds is 5. The van der Waals surface area contributed by atoms with Crippen molar-refractivity contribution < 1.29 is 28.6 Å². The number of esters is 1. The molecule has 25 heavy (non-hydrogen) atoms. The summed E-state index contributed by atoms with van der Waals surface area (Å²) in [6.45, 7) is -0.548. The number of aliphatic imine (C=N–C) groups is 1.